The number of phenolic OH excluding ortho intramolecular Hbond substituents is 1. The van der Waals surface area contributed by atoms with Crippen LogP contribution >= 0.6 is 0 Å². The Hall–Kier alpha value is -4.19. The van der Waals surface area contributed by atoms with E-state index in [4.69, 9.17) is 19.4 Å². The molecule has 0 amide bonds. The average molecular weight is 422 g/mol. The molecular weight excluding hydrogens is 404 g/mol. The van der Waals surface area contributed by atoms with E-state index in [1.807, 2.05) is 48.5 Å². The quantitative estimate of drug-likeness (QED) is 0.185. The van der Waals surface area contributed by atoms with E-state index < -0.39 is 0 Å². The van der Waals surface area contributed by atoms with Crippen LogP contribution in [0.15, 0.2) is 66.7 Å². The topological polar surface area (TPSA) is 81.5 Å². The first-order valence-corrected chi connectivity index (χ1v) is 10.3. The maximum atomic E-state index is 12.7. The van der Waals surface area contributed by atoms with E-state index in [0.717, 1.165) is 38.4 Å². The lowest BCUT2D eigenvalue weighted by molar-refractivity contribution is -0.135. The van der Waals surface area contributed by atoms with Gasteiger partial charge >= 0.3 is 5.97 Å². The SMILES string of the molecule is COc1cc([C@H]2CC(=O)Oc3c2c2nc4ccccc4nc2c2ccccc32)ccc1O. The number of phenols is 1. The Bertz CT molecular complexity index is 1560. The van der Waals surface area contributed by atoms with Gasteiger partial charge in [0, 0.05) is 22.3 Å². The van der Waals surface area contributed by atoms with E-state index >= 15 is 0 Å². The first kappa shape index (κ1) is 18.6. The number of methoxy groups -OCH3 is 1. The first-order chi connectivity index (χ1) is 15.6. The number of benzene rings is 4. The van der Waals surface area contributed by atoms with Gasteiger partial charge in [0.15, 0.2) is 11.5 Å². The van der Waals surface area contributed by atoms with E-state index in [1.54, 1.807) is 18.2 Å². The molecule has 4 aromatic carbocycles. The highest BCUT2D eigenvalue weighted by atomic mass is 16.5. The van der Waals surface area contributed by atoms with Crippen molar-refractivity contribution in [2.45, 2.75) is 12.3 Å². The zero-order valence-electron chi connectivity index (χ0n) is 17.2. The molecule has 5 aromatic rings. The minimum absolute atomic E-state index is 0.0454. The summed E-state index contributed by atoms with van der Waals surface area (Å²) < 4.78 is 11.1. The van der Waals surface area contributed by atoms with E-state index in [9.17, 15) is 9.90 Å². The van der Waals surface area contributed by atoms with Crippen molar-refractivity contribution in [3.63, 3.8) is 0 Å². The Labute approximate surface area is 183 Å². The van der Waals surface area contributed by atoms with Crippen LogP contribution in [0.3, 0.4) is 0 Å². The maximum Gasteiger partial charge on any atom is 0.312 e. The van der Waals surface area contributed by atoms with Gasteiger partial charge in [-0.05, 0) is 29.8 Å². The van der Waals surface area contributed by atoms with Gasteiger partial charge in [-0.15, -0.1) is 0 Å². The molecule has 0 bridgehead atoms. The van der Waals surface area contributed by atoms with Gasteiger partial charge in [0.2, 0.25) is 0 Å². The lowest BCUT2D eigenvalue weighted by atomic mass is 9.83. The Morgan fingerprint density at radius 2 is 1.62 bits per heavy atom. The lowest BCUT2D eigenvalue weighted by Gasteiger charge is -2.27. The Kier molecular flexibility index (Phi) is 4.01. The van der Waals surface area contributed by atoms with Gasteiger partial charge in [0.1, 0.15) is 5.75 Å². The molecule has 32 heavy (non-hydrogen) atoms. The van der Waals surface area contributed by atoms with Gasteiger partial charge in [-0.25, -0.2) is 9.97 Å². The molecule has 1 aromatic heterocycles. The third-order valence-electron chi connectivity index (χ3n) is 6.04. The summed E-state index contributed by atoms with van der Waals surface area (Å²) in [6, 6.07) is 20.7. The summed E-state index contributed by atoms with van der Waals surface area (Å²) in [6.45, 7) is 0. The van der Waals surface area contributed by atoms with Gasteiger partial charge in [-0.1, -0.05) is 42.5 Å². The fraction of sp³-hybridized carbons (Fsp3) is 0.115. The highest BCUT2D eigenvalue weighted by molar-refractivity contribution is 6.12. The van der Waals surface area contributed by atoms with Gasteiger partial charge in [-0.2, -0.15) is 0 Å². The number of carbonyl (C=O) groups excluding carboxylic acids is 1. The van der Waals surface area contributed by atoms with E-state index in [0.29, 0.717) is 17.0 Å². The molecule has 1 aliphatic rings. The van der Waals surface area contributed by atoms with Crippen molar-refractivity contribution in [2.75, 3.05) is 7.11 Å². The van der Waals surface area contributed by atoms with Crippen LogP contribution in [0.4, 0.5) is 0 Å². The third kappa shape index (κ3) is 2.69. The highest BCUT2D eigenvalue weighted by Crippen LogP contribution is 2.48. The molecule has 6 rings (SSSR count). The predicted molar refractivity (Wildman–Crippen MR) is 121 cm³/mol. The van der Waals surface area contributed by atoms with Crippen molar-refractivity contribution in [1.82, 2.24) is 9.97 Å². The van der Waals surface area contributed by atoms with Crippen LogP contribution in [-0.4, -0.2) is 28.2 Å². The van der Waals surface area contributed by atoms with Crippen LogP contribution in [0.1, 0.15) is 23.5 Å². The molecule has 0 unspecified atom stereocenters. The van der Waals surface area contributed by atoms with Crippen LogP contribution in [-0.2, 0) is 4.79 Å². The van der Waals surface area contributed by atoms with Crippen LogP contribution in [0.5, 0.6) is 17.2 Å². The summed E-state index contributed by atoms with van der Waals surface area (Å²) in [5.74, 6) is 0.288. The second-order valence-corrected chi connectivity index (χ2v) is 7.86. The summed E-state index contributed by atoms with van der Waals surface area (Å²) in [6.07, 6.45) is 0.156. The summed E-state index contributed by atoms with van der Waals surface area (Å²) in [4.78, 5) is 22.6. The smallest absolute Gasteiger partial charge is 0.312 e. The summed E-state index contributed by atoms with van der Waals surface area (Å²) in [5.41, 5.74) is 4.72. The Morgan fingerprint density at radius 1 is 0.938 bits per heavy atom. The van der Waals surface area contributed by atoms with Gasteiger partial charge in [-0.3, -0.25) is 4.79 Å². The summed E-state index contributed by atoms with van der Waals surface area (Å²) >= 11 is 0. The number of esters is 1. The Morgan fingerprint density at radius 3 is 2.38 bits per heavy atom. The van der Waals surface area contributed by atoms with Gasteiger partial charge < -0.3 is 14.6 Å². The summed E-state index contributed by atoms with van der Waals surface area (Å²) in [7, 11) is 1.50. The molecule has 1 N–H and O–H groups in total. The predicted octanol–water partition coefficient (Wildman–Crippen LogP) is 5.09. The number of rotatable bonds is 2. The number of ether oxygens (including phenoxy) is 2. The molecule has 156 valence electrons. The van der Waals surface area contributed by atoms with Crippen molar-refractivity contribution >= 4 is 38.8 Å². The molecule has 1 aliphatic heterocycles. The van der Waals surface area contributed by atoms with Crippen LogP contribution in [0, 0.1) is 0 Å². The number of hydrogen-bond acceptors (Lipinski definition) is 6. The van der Waals surface area contributed by atoms with Gasteiger partial charge in [0.05, 0.1) is 35.6 Å². The fourth-order valence-corrected chi connectivity index (χ4v) is 4.57. The molecule has 2 heterocycles. The first-order valence-electron chi connectivity index (χ1n) is 10.3. The second-order valence-electron chi connectivity index (χ2n) is 7.86. The zero-order valence-corrected chi connectivity index (χ0v) is 17.2. The standard InChI is InChI=1S/C26H18N2O4/c1-31-21-12-14(10-11-20(21)29)17-13-22(30)32-26-16-7-3-2-6-15(16)24-25(23(17)26)28-19-9-5-4-8-18(19)27-24/h2-12,17,29H,13H2,1H3/t17-/m1/s1. The molecule has 1 atom stereocenters. The van der Waals surface area contributed by atoms with E-state index in [-0.39, 0.29) is 24.1 Å². The van der Waals surface area contributed by atoms with Crippen molar-refractivity contribution in [2.24, 2.45) is 0 Å². The van der Waals surface area contributed by atoms with E-state index in [1.165, 1.54) is 7.11 Å². The number of aromatic nitrogens is 2. The molecule has 6 nitrogen and oxygen atoms in total. The van der Waals surface area contributed by atoms with Crippen LogP contribution < -0.4 is 9.47 Å². The van der Waals surface area contributed by atoms with Crippen LogP contribution in [0.25, 0.3) is 32.8 Å². The van der Waals surface area contributed by atoms with Crippen molar-refractivity contribution in [1.29, 1.82) is 0 Å². The second kappa shape index (κ2) is 6.92. The normalized spacial score (nSPS) is 15.7. The number of nitrogens with zero attached hydrogens (tertiary/aromatic N) is 2. The third-order valence-corrected chi connectivity index (χ3v) is 6.04. The fourth-order valence-electron chi connectivity index (χ4n) is 4.57. The molecule has 0 fully saturated rings. The summed E-state index contributed by atoms with van der Waals surface area (Å²) in [5, 5.41) is 11.8. The van der Waals surface area contributed by atoms with Crippen LogP contribution in [0.2, 0.25) is 0 Å². The molecule has 0 saturated carbocycles. The zero-order chi connectivity index (χ0) is 21.8. The molecule has 0 saturated heterocycles. The molecule has 0 radical (unpaired) electrons. The van der Waals surface area contributed by atoms with Gasteiger partial charge in [0.25, 0.3) is 0 Å². The molecule has 0 spiro atoms. The number of carbonyl (C=O) groups is 1. The van der Waals surface area contributed by atoms with Crippen molar-refractivity contribution in [3.8, 4) is 17.2 Å². The minimum Gasteiger partial charge on any atom is -0.504 e. The number of hydrogen-bond donors (Lipinski definition) is 1. The van der Waals surface area contributed by atoms with Crippen molar-refractivity contribution in [3.05, 3.63) is 77.9 Å². The van der Waals surface area contributed by atoms with E-state index in [2.05, 4.69) is 0 Å². The monoisotopic (exact) mass is 422 g/mol. The minimum atomic E-state index is -0.316. The maximum absolute atomic E-state index is 12.7. The largest absolute Gasteiger partial charge is 0.504 e. The lowest BCUT2D eigenvalue weighted by Crippen LogP contribution is -2.22. The molecule has 6 heteroatoms. The number of aromatic hydroxyl groups is 1. The Balaban J connectivity index is 1.75. The molecule has 0 aliphatic carbocycles. The average Bonchev–Trinajstić information content (AvgIpc) is 2.83. The molecular formula is C26H18N2O4. The highest BCUT2D eigenvalue weighted by Gasteiger charge is 2.34. The van der Waals surface area contributed by atoms with Crippen molar-refractivity contribution < 1.29 is 19.4 Å². The number of para-hydroxylation sites is 2. The number of fused-ring (bicyclic) bond motifs is 7.